The van der Waals surface area contributed by atoms with Gasteiger partial charge in [-0.15, -0.1) is 0 Å². The molecule has 0 atom stereocenters. The van der Waals surface area contributed by atoms with Gasteiger partial charge in [0.15, 0.2) is 0 Å². The average molecular weight is 555 g/mol. The quantitative estimate of drug-likeness (QED) is 0.257. The number of carbonyl (C=O) groups is 1. The van der Waals surface area contributed by atoms with Crippen molar-refractivity contribution in [2.45, 2.75) is 65.8 Å². The summed E-state index contributed by atoms with van der Waals surface area (Å²) in [6.07, 6.45) is 0.0164. The zero-order chi connectivity index (χ0) is 28.7. The number of hydrogen-bond donors (Lipinski definition) is 1. The highest BCUT2D eigenvalue weighted by molar-refractivity contribution is 5.89. The topological polar surface area (TPSA) is 59.4 Å². The standard InChI is InChI=1S/C31H37F3N4O2/c1-4-37(5-2)21-26-18-36-29(19-35-28-9-7-8-27(28)30(39)40-6-3)38(26)20-22-10-12-23(13-11-22)24-14-16-25(17-15-24)31(32,33)34/h10-18,35H,4-9,19-21H2,1-3H3. The third-order valence-corrected chi connectivity index (χ3v) is 7.34. The molecule has 1 heterocycles. The lowest BCUT2D eigenvalue weighted by molar-refractivity contribution is -0.139. The van der Waals surface area contributed by atoms with Crippen LogP contribution in [0.5, 0.6) is 0 Å². The van der Waals surface area contributed by atoms with E-state index in [1.54, 1.807) is 0 Å². The number of halogens is 3. The zero-order valence-corrected chi connectivity index (χ0v) is 23.4. The number of rotatable bonds is 12. The molecule has 1 N–H and O–H groups in total. The molecular weight excluding hydrogens is 517 g/mol. The Labute approximate surface area is 233 Å². The fourth-order valence-corrected chi connectivity index (χ4v) is 5.00. The molecule has 0 amide bonds. The minimum Gasteiger partial charge on any atom is -0.463 e. The first-order valence-electron chi connectivity index (χ1n) is 13.9. The first-order valence-corrected chi connectivity index (χ1v) is 13.9. The largest absolute Gasteiger partial charge is 0.463 e. The predicted molar refractivity (Wildman–Crippen MR) is 149 cm³/mol. The van der Waals surface area contributed by atoms with Crippen LogP contribution >= 0.6 is 0 Å². The number of alkyl halides is 3. The number of esters is 1. The highest BCUT2D eigenvalue weighted by atomic mass is 19.4. The summed E-state index contributed by atoms with van der Waals surface area (Å²) in [5.74, 6) is 0.623. The number of ether oxygens (including phenoxy) is 1. The Morgan fingerprint density at radius 2 is 1.65 bits per heavy atom. The summed E-state index contributed by atoms with van der Waals surface area (Å²) in [5.41, 5.74) is 4.74. The Hall–Kier alpha value is -3.59. The number of nitrogens with zero attached hydrogens (tertiary/aromatic N) is 3. The molecule has 0 bridgehead atoms. The molecule has 9 heteroatoms. The second kappa shape index (κ2) is 13.2. The van der Waals surface area contributed by atoms with Crippen molar-refractivity contribution in [2.24, 2.45) is 0 Å². The summed E-state index contributed by atoms with van der Waals surface area (Å²) in [6, 6.07) is 13.1. The second-order valence-corrected chi connectivity index (χ2v) is 9.87. The van der Waals surface area contributed by atoms with Crippen molar-refractivity contribution < 1.29 is 22.7 Å². The number of allylic oxidation sites excluding steroid dienone is 1. The monoisotopic (exact) mass is 554 g/mol. The summed E-state index contributed by atoms with van der Waals surface area (Å²) in [5, 5.41) is 3.46. The van der Waals surface area contributed by atoms with E-state index in [1.807, 2.05) is 37.4 Å². The number of nitrogens with one attached hydrogen (secondary N) is 1. The fraction of sp³-hybridized carbons (Fsp3) is 0.419. The minimum absolute atomic E-state index is 0.249. The first-order chi connectivity index (χ1) is 19.2. The fourth-order valence-electron chi connectivity index (χ4n) is 5.00. The summed E-state index contributed by atoms with van der Waals surface area (Å²) < 4.78 is 46.2. The molecule has 0 fully saturated rings. The zero-order valence-electron chi connectivity index (χ0n) is 23.4. The van der Waals surface area contributed by atoms with Gasteiger partial charge in [0.25, 0.3) is 0 Å². The van der Waals surface area contributed by atoms with Crippen LogP contribution in [0, 0.1) is 0 Å². The summed E-state index contributed by atoms with van der Waals surface area (Å²) in [4.78, 5) is 19.4. The van der Waals surface area contributed by atoms with Gasteiger partial charge in [-0.2, -0.15) is 13.2 Å². The maximum absolute atomic E-state index is 12.9. The van der Waals surface area contributed by atoms with Gasteiger partial charge in [-0.25, -0.2) is 9.78 Å². The molecule has 6 nitrogen and oxygen atoms in total. The van der Waals surface area contributed by atoms with Crippen molar-refractivity contribution in [3.8, 4) is 11.1 Å². The van der Waals surface area contributed by atoms with E-state index in [4.69, 9.17) is 9.72 Å². The molecule has 214 valence electrons. The lowest BCUT2D eigenvalue weighted by Crippen LogP contribution is -2.25. The Morgan fingerprint density at radius 3 is 2.25 bits per heavy atom. The average Bonchev–Trinajstić information content (AvgIpc) is 3.57. The van der Waals surface area contributed by atoms with Crippen molar-refractivity contribution in [1.82, 2.24) is 19.8 Å². The number of carbonyl (C=O) groups excluding carboxylic acids is 1. The van der Waals surface area contributed by atoms with E-state index < -0.39 is 11.7 Å². The minimum atomic E-state index is -4.35. The Morgan fingerprint density at radius 1 is 1.00 bits per heavy atom. The third kappa shape index (κ3) is 7.13. The normalized spacial score (nSPS) is 13.8. The molecule has 1 aromatic heterocycles. The van der Waals surface area contributed by atoms with Crippen molar-refractivity contribution in [1.29, 1.82) is 0 Å². The highest BCUT2D eigenvalue weighted by Crippen LogP contribution is 2.31. The van der Waals surface area contributed by atoms with Gasteiger partial charge in [-0.05, 0) is 68.1 Å². The van der Waals surface area contributed by atoms with E-state index in [0.29, 0.717) is 26.1 Å². The molecular formula is C31H37F3N4O2. The number of imidazole rings is 1. The molecule has 0 saturated heterocycles. The highest BCUT2D eigenvalue weighted by Gasteiger charge is 2.30. The molecule has 0 radical (unpaired) electrons. The Kier molecular flexibility index (Phi) is 9.68. The van der Waals surface area contributed by atoms with Crippen LogP contribution in [-0.4, -0.2) is 40.1 Å². The van der Waals surface area contributed by atoms with Crippen LogP contribution in [0.15, 0.2) is 66.0 Å². The van der Waals surface area contributed by atoms with E-state index in [1.165, 1.54) is 12.1 Å². The van der Waals surface area contributed by atoms with Crippen LogP contribution in [0.4, 0.5) is 13.2 Å². The number of benzene rings is 2. The van der Waals surface area contributed by atoms with Crippen LogP contribution in [0.1, 0.15) is 62.7 Å². The lowest BCUT2D eigenvalue weighted by Gasteiger charge is -2.20. The van der Waals surface area contributed by atoms with Crippen molar-refractivity contribution in [3.05, 3.63) is 88.6 Å². The van der Waals surface area contributed by atoms with Crippen LogP contribution in [0.2, 0.25) is 0 Å². The van der Waals surface area contributed by atoms with Gasteiger partial charge in [0.1, 0.15) is 5.82 Å². The van der Waals surface area contributed by atoms with E-state index in [9.17, 15) is 18.0 Å². The smallest absolute Gasteiger partial charge is 0.416 e. The molecule has 1 aliphatic carbocycles. The summed E-state index contributed by atoms with van der Waals surface area (Å²) >= 11 is 0. The molecule has 0 aliphatic heterocycles. The van der Waals surface area contributed by atoms with Gasteiger partial charge in [0.2, 0.25) is 0 Å². The van der Waals surface area contributed by atoms with Gasteiger partial charge in [0.05, 0.1) is 30.0 Å². The molecule has 2 aromatic carbocycles. The van der Waals surface area contributed by atoms with E-state index >= 15 is 0 Å². The second-order valence-electron chi connectivity index (χ2n) is 9.87. The predicted octanol–water partition coefficient (Wildman–Crippen LogP) is 6.55. The lowest BCUT2D eigenvalue weighted by atomic mass is 10.0. The van der Waals surface area contributed by atoms with Gasteiger partial charge in [0, 0.05) is 25.0 Å². The van der Waals surface area contributed by atoms with Crippen LogP contribution in [0.25, 0.3) is 11.1 Å². The van der Waals surface area contributed by atoms with Gasteiger partial charge >= 0.3 is 12.1 Å². The maximum atomic E-state index is 12.9. The SMILES string of the molecule is CCOC(=O)C1=C(NCc2ncc(CN(CC)CC)n2Cc2ccc(-c3ccc(C(F)(F)F)cc3)cc2)CCC1. The Balaban J connectivity index is 1.54. The van der Waals surface area contributed by atoms with Gasteiger partial charge in [-0.3, -0.25) is 4.90 Å². The van der Waals surface area contributed by atoms with E-state index in [0.717, 1.165) is 84.1 Å². The molecule has 4 rings (SSSR count). The van der Waals surface area contributed by atoms with Crippen molar-refractivity contribution in [3.63, 3.8) is 0 Å². The van der Waals surface area contributed by atoms with Crippen LogP contribution < -0.4 is 5.32 Å². The molecule has 1 aliphatic rings. The summed E-state index contributed by atoms with van der Waals surface area (Å²) in [6.45, 7) is 10.1. The molecule has 40 heavy (non-hydrogen) atoms. The van der Waals surface area contributed by atoms with Crippen LogP contribution in [-0.2, 0) is 35.3 Å². The first kappa shape index (κ1) is 29.4. The molecule has 0 unspecified atom stereocenters. The van der Waals surface area contributed by atoms with E-state index in [-0.39, 0.29) is 5.97 Å². The van der Waals surface area contributed by atoms with Crippen molar-refractivity contribution in [2.75, 3.05) is 19.7 Å². The van der Waals surface area contributed by atoms with E-state index in [2.05, 4.69) is 28.6 Å². The molecule has 0 spiro atoms. The van der Waals surface area contributed by atoms with Crippen molar-refractivity contribution >= 4 is 5.97 Å². The Bertz CT molecular complexity index is 1310. The summed E-state index contributed by atoms with van der Waals surface area (Å²) in [7, 11) is 0. The number of hydrogen-bond acceptors (Lipinski definition) is 5. The van der Waals surface area contributed by atoms with Crippen LogP contribution in [0.3, 0.4) is 0 Å². The third-order valence-electron chi connectivity index (χ3n) is 7.34. The van der Waals surface area contributed by atoms with Gasteiger partial charge in [-0.1, -0.05) is 50.2 Å². The molecule has 3 aromatic rings. The molecule has 0 saturated carbocycles. The maximum Gasteiger partial charge on any atom is 0.416 e. The number of aromatic nitrogens is 2. The van der Waals surface area contributed by atoms with Gasteiger partial charge < -0.3 is 14.6 Å².